The van der Waals surface area contributed by atoms with E-state index in [0.29, 0.717) is 0 Å². The maximum atomic E-state index is 4.26. The Balaban J connectivity index is 2.93. The molecule has 0 saturated carbocycles. The van der Waals surface area contributed by atoms with Crippen LogP contribution in [0.5, 0.6) is 0 Å². The average Bonchev–Trinajstić information content (AvgIpc) is 2.19. The van der Waals surface area contributed by atoms with E-state index >= 15 is 0 Å². The number of thiocarbonyl (C=S) groups is 1. The van der Waals surface area contributed by atoms with Crippen molar-refractivity contribution in [3.8, 4) is 0 Å². The number of aromatic amines is 1. The maximum Gasteiger partial charge on any atom is 0.297 e. The first kappa shape index (κ1) is 5.02. The Morgan fingerprint density at radius 2 is 2.62 bits per heavy atom. The lowest BCUT2D eigenvalue weighted by molar-refractivity contribution is 0.881. The molecule has 1 heterocycles. The van der Waals surface area contributed by atoms with Crippen LogP contribution in [0.1, 0.15) is 0 Å². The number of tetrazole rings is 1. The summed E-state index contributed by atoms with van der Waals surface area (Å²) in [6.45, 7) is 0. The molecule has 5 nitrogen and oxygen atoms in total. The van der Waals surface area contributed by atoms with Gasteiger partial charge in [0.2, 0.25) is 0 Å². The highest BCUT2D eigenvalue weighted by molar-refractivity contribution is 7.78. The van der Waals surface area contributed by atoms with Gasteiger partial charge in [-0.2, -0.15) is 10.2 Å². The number of hydrogen-bond acceptors (Lipinski definition) is 5. The summed E-state index contributed by atoms with van der Waals surface area (Å²) in [6, 6.07) is 0. The normalized spacial score (nSPS) is 8.00. The van der Waals surface area contributed by atoms with Gasteiger partial charge in [0.25, 0.3) is 5.95 Å². The highest BCUT2D eigenvalue weighted by Crippen LogP contribution is 1.91. The molecule has 0 aliphatic carbocycles. The molecule has 6 heteroatoms. The molecule has 1 N–H and O–H groups in total. The Labute approximate surface area is 49.8 Å². The molecule has 0 saturated heterocycles. The predicted molar refractivity (Wildman–Crippen MR) is 28.9 cm³/mol. The molecule has 0 aliphatic rings. The van der Waals surface area contributed by atoms with Gasteiger partial charge in [-0.1, -0.05) is 5.10 Å². The Morgan fingerprint density at radius 3 is 3.12 bits per heavy atom. The van der Waals surface area contributed by atoms with E-state index in [1.165, 1.54) is 0 Å². The average molecular weight is 127 g/mol. The smallest absolute Gasteiger partial charge is 0.175 e. The van der Waals surface area contributed by atoms with E-state index in [0.717, 1.165) is 0 Å². The molecule has 0 radical (unpaired) electrons. The second-order valence-electron chi connectivity index (χ2n) is 0.915. The molecule has 8 heavy (non-hydrogen) atoms. The van der Waals surface area contributed by atoms with Crippen molar-refractivity contribution in [1.82, 2.24) is 20.6 Å². The third kappa shape index (κ3) is 0.927. The van der Waals surface area contributed by atoms with Crippen LogP contribution in [0.25, 0.3) is 0 Å². The Kier molecular flexibility index (Phi) is 1.41. The fourth-order valence-corrected chi connectivity index (χ4v) is 0.326. The fourth-order valence-electron chi connectivity index (χ4n) is 0.245. The molecule has 1 rings (SSSR count). The van der Waals surface area contributed by atoms with E-state index in [9.17, 15) is 0 Å². The van der Waals surface area contributed by atoms with E-state index in [-0.39, 0.29) is 5.95 Å². The molecule has 1 aromatic heterocycles. The first-order chi connectivity index (χ1) is 3.93. The molecule has 0 fully saturated rings. The number of H-pyrrole nitrogens is 1. The quantitative estimate of drug-likeness (QED) is 0.423. The van der Waals surface area contributed by atoms with Crippen molar-refractivity contribution in [1.29, 1.82) is 0 Å². The van der Waals surface area contributed by atoms with Crippen molar-refractivity contribution in [3.05, 3.63) is 0 Å². The van der Waals surface area contributed by atoms with Gasteiger partial charge in [0.1, 0.15) is 0 Å². The molecular weight excluding hydrogens is 126 g/mol. The Morgan fingerprint density at radius 1 is 1.75 bits per heavy atom. The molecule has 0 spiro atoms. The summed E-state index contributed by atoms with van der Waals surface area (Å²) in [6.07, 6.45) is 0. The van der Waals surface area contributed by atoms with Gasteiger partial charge in [0.15, 0.2) is 0 Å². The lowest BCUT2D eigenvalue weighted by atomic mass is 11.1. The van der Waals surface area contributed by atoms with Crippen LogP contribution in [-0.2, 0) is 0 Å². The summed E-state index contributed by atoms with van der Waals surface area (Å²) < 4.78 is 0. The summed E-state index contributed by atoms with van der Waals surface area (Å²) in [5, 5.41) is 14.4. The van der Waals surface area contributed by atoms with Crippen LogP contribution < -0.4 is 0 Å². The van der Waals surface area contributed by atoms with Gasteiger partial charge < -0.3 is 0 Å². The van der Waals surface area contributed by atoms with E-state index in [1.807, 2.05) is 0 Å². The zero-order valence-electron chi connectivity index (χ0n) is 3.70. The predicted octanol–water partition coefficient (Wildman–Crippen LogP) is -0.0660. The molecule has 0 bridgehead atoms. The van der Waals surface area contributed by atoms with Gasteiger partial charge in [-0.05, 0) is 17.4 Å². The number of nitrogens with one attached hydrogen (secondary N) is 1. The SMILES string of the molecule is S=C=Nc1nn[nH]n1. The topological polar surface area (TPSA) is 66.8 Å². The number of isothiocyanates is 1. The van der Waals surface area contributed by atoms with Crippen molar-refractivity contribution in [2.45, 2.75) is 0 Å². The zero-order valence-corrected chi connectivity index (χ0v) is 4.51. The van der Waals surface area contributed by atoms with Gasteiger partial charge in [-0.3, -0.25) is 0 Å². The van der Waals surface area contributed by atoms with Crippen LogP contribution in [0.15, 0.2) is 4.99 Å². The number of rotatable bonds is 1. The Bertz CT molecular complexity index is 196. The van der Waals surface area contributed by atoms with E-state index in [2.05, 4.69) is 43.0 Å². The number of aliphatic imine (C=N–C) groups is 1. The number of nitrogens with zero attached hydrogens (tertiary/aromatic N) is 4. The van der Waals surface area contributed by atoms with E-state index in [1.54, 1.807) is 0 Å². The monoisotopic (exact) mass is 127 g/mol. The van der Waals surface area contributed by atoms with Crippen LogP contribution in [-0.4, -0.2) is 25.8 Å². The fraction of sp³-hybridized carbons (Fsp3) is 0. The van der Waals surface area contributed by atoms with Gasteiger partial charge in [-0.15, -0.1) is 5.10 Å². The summed E-state index contributed by atoms with van der Waals surface area (Å²) in [5.41, 5.74) is 0. The first-order valence-electron chi connectivity index (χ1n) is 1.75. The van der Waals surface area contributed by atoms with Gasteiger partial charge in [0.05, 0.1) is 5.16 Å². The minimum Gasteiger partial charge on any atom is -0.175 e. The lowest BCUT2D eigenvalue weighted by Gasteiger charge is -1.64. The van der Waals surface area contributed by atoms with Crippen LogP contribution >= 0.6 is 12.2 Å². The molecule has 0 aromatic carbocycles. The second-order valence-corrected chi connectivity index (χ2v) is 1.10. The van der Waals surface area contributed by atoms with Crippen molar-refractivity contribution in [2.24, 2.45) is 4.99 Å². The number of hydrogen-bond donors (Lipinski definition) is 1. The molecule has 0 unspecified atom stereocenters. The first-order valence-corrected chi connectivity index (χ1v) is 2.15. The minimum atomic E-state index is 0.208. The zero-order chi connectivity index (χ0) is 5.82. The van der Waals surface area contributed by atoms with E-state index < -0.39 is 0 Å². The van der Waals surface area contributed by atoms with Gasteiger partial charge in [-0.25, -0.2) is 0 Å². The van der Waals surface area contributed by atoms with E-state index in [4.69, 9.17) is 0 Å². The molecular formula is C2HN5S. The maximum absolute atomic E-state index is 4.26. The number of aromatic nitrogens is 4. The van der Waals surface area contributed by atoms with Crippen LogP contribution in [0, 0.1) is 0 Å². The highest BCUT2D eigenvalue weighted by atomic mass is 32.1. The van der Waals surface area contributed by atoms with Gasteiger partial charge in [0, 0.05) is 0 Å². The third-order valence-electron chi connectivity index (χ3n) is 0.480. The molecule has 0 atom stereocenters. The lowest BCUT2D eigenvalue weighted by Crippen LogP contribution is -1.64. The molecule has 1 aromatic rings. The molecule has 40 valence electrons. The van der Waals surface area contributed by atoms with Crippen LogP contribution in [0.4, 0.5) is 5.95 Å². The largest absolute Gasteiger partial charge is 0.297 e. The van der Waals surface area contributed by atoms with Crippen LogP contribution in [0.2, 0.25) is 0 Å². The molecule has 0 aliphatic heterocycles. The Hall–Kier alpha value is -1.13. The summed E-state index contributed by atoms with van der Waals surface area (Å²) >= 11 is 4.26. The third-order valence-corrected chi connectivity index (χ3v) is 0.571. The van der Waals surface area contributed by atoms with Crippen molar-refractivity contribution < 1.29 is 0 Å². The second kappa shape index (κ2) is 2.25. The summed E-state index contributed by atoms with van der Waals surface area (Å²) in [5.74, 6) is 0.208. The molecule has 0 amide bonds. The van der Waals surface area contributed by atoms with Crippen molar-refractivity contribution >= 4 is 23.3 Å². The summed E-state index contributed by atoms with van der Waals surface area (Å²) in [4.78, 5) is 3.42. The van der Waals surface area contributed by atoms with Crippen molar-refractivity contribution in [3.63, 3.8) is 0 Å². The van der Waals surface area contributed by atoms with Crippen molar-refractivity contribution in [2.75, 3.05) is 0 Å². The highest BCUT2D eigenvalue weighted by Gasteiger charge is 1.86. The summed E-state index contributed by atoms with van der Waals surface area (Å²) in [7, 11) is 0. The standard InChI is InChI=1S/C2HN5S/c8-1-3-2-4-6-7-5-2/h(H,4,5,6,7). The van der Waals surface area contributed by atoms with Crippen LogP contribution in [0.3, 0.4) is 0 Å². The minimum absolute atomic E-state index is 0.208. The van der Waals surface area contributed by atoms with Gasteiger partial charge >= 0.3 is 0 Å².